The average molecular weight is 488 g/mol. The van der Waals surface area contributed by atoms with Crippen LogP contribution >= 0.6 is 0 Å². The number of rotatable bonds is 9. The highest BCUT2D eigenvalue weighted by atomic mass is 16.5. The molecule has 0 spiro atoms. The second-order valence-corrected chi connectivity index (χ2v) is 8.83. The quantitative estimate of drug-likeness (QED) is 0.379. The second kappa shape index (κ2) is 10.6. The van der Waals surface area contributed by atoms with Crippen LogP contribution in [0.15, 0.2) is 55.0 Å². The van der Waals surface area contributed by atoms with Crippen LogP contribution in [0.4, 0.5) is 0 Å². The summed E-state index contributed by atoms with van der Waals surface area (Å²) in [4.78, 5) is 21.6. The third-order valence-electron chi connectivity index (χ3n) is 6.39. The Labute approximate surface area is 209 Å². The number of carbonyl (C=O) groups is 1. The molecule has 1 aliphatic carbocycles. The van der Waals surface area contributed by atoms with E-state index in [2.05, 4.69) is 20.4 Å². The lowest BCUT2D eigenvalue weighted by Crippen LogP contribution is -2.23. The fourth-order valence-electron chi connectivity index (χ4n) is 4.44. The van der Waals surface area contributed by atoms with Crippen molar-refractivity contribution in [3.63, 3.8) is 0 Å². The molecule has 0 atom stereocenters. The Morgan fingerprint density at radius 3 is 2.72 bits per heavy atom. The van der Waals surface area contributed by atoms with Gasteiger partial charge in [0.05, 0.1) is 32.5 Å². The molecule has 9 heteroatoms. The molecule has 0 unspecified atom stereocenters. The SMILES string of the molecule is COc1ccc(Cn2ncc3cc(C(=O)NCc4ccnc(OC5CCCC5)c4)cnc32)c(OC)c1. The van der Waals surface area contributed by atoms with Crippen LogP contribution in [0.2, 0.25) is 0 Å². The molecule has 0 bridgehead atoms. The number of aromatic nitrogens is 4. The van der Waals surface area contributed by atoms with Crippen molar-refractivity contribution in [3.8, 4) is 17.4 Å². The van der Waals surface area contributed by atoms with Crippen LogP contribution < -0.4 is 19.5 Å². The molecule has 1 aliphatic rings. The topological polar surface area (TPSA) is 100 Å². The summed E-state index contributed by atoms with van der Waals surface area (Å²) in [6.45, 7) is 0.847. The summed E-state index contributed by atoms with van der Waals surface area (Å²) < 4.78 is 18.5. The normalized spacial score (nSPS) is 13.6. The first-order valence-corrected chi connectivity index (χ1v) is 12.0. The summed E-state index contributed by atoms with van der Waals surface area (Å²) in [5, 5.41) is 8.21. The van der Waals surface area contributed by atoms with Crippen LogP contribution in [0.3, 0.4) is 0 Å². The van der Waals surface area contributed by atoms with Gasteiger partial charge in [-0.1, -0.05) is 0 Å². The third-order valence-corrected chi connectivity index (χ3v) is 6.39. The van der Waals surface area contributed by atoms with Crippen LogP contribution in [0.5, 0.6) is 17.4 Å². The highest BCUT2D eigenvalue weighted by Crippen LogP contribution is 2.26. The fourth-order valence-corrected chi connectivity index (χ4v) is 4.44. The van der Waals surface area contributed by atoms with Crippen molar-refractivity contribution in [2.24, 2.45) is 0 Å². The molecule has 4 aromatic rings. The van der Waals surface area contributed by atoms with Crippen LogP contribution in [0.1, 0.15) is 47.2 Å². The van der Waals surface area contributed by atoms with E-state index in [1.165, 1.54) is 12.8 Å². The van der Waals surface area contributed by atoms with Gasteiger partial charge < -0.3 is 19.5 Å². The molecule has 36 heavy (non-hydrogen) atoms. The molecular formula is C27H29N5O4. The lowest BCUT2D eigenvalue weighted by atomic mass is 10.2. The van der Waals surface area contributed by atoms with E-state index in [0.717, 1.165) is 35.1 Å². The number of benzene rings is 1. The van der Waals surface area contributed by atoms with E-state index in [9.17, 15) is 4.79 Å². The molecule has 3 heterocycles. The maximum atomic E-state index is 12.8. The number of fused-ring (bicyclic) bond motifs is 1. The van der Waals surface area contributed by atoms with Gasteiger partial charge in [0.2, 0.25) is 5.88 Å². The number of nitrogens with zero attached hydrogens (tertiary/aromatic N) is 4. The van der Waals surface area contributed by atoms with Crippen LogP contribution in [0.25, 0.3) is 11.0 Å². The number of amides is 1. The van der Waals surface area contributed by atoms with Crippen LogP contribution in [-0.2, 0) is 13.1 Å². The van der Waals surface area contributed by atoms with Crippen molar-refractivity contribution in [2.75, 3.05) is 14.2 Å². The van der Waals surface area contributed by atoms with Crippen molar-refractivity contribution in [1.29, 1.82) is 0 Å². The van der Waals surface area contributed by atoms with Gasteiger partial charge in [-0.05, 0) is 55.5 Å². The minimum atomic E-state index is -0.205. The van der Waals surface area contributed by atoms with Gasteiger partial charge in [-0.15, -0.1) is 0 Å². The van der Waals surface area contributed by atoms with Gasteiger partial charge in [0.25, 0.3) is 5.91 Å². The molecular weight excluding hydrogens is 458 g/mol. The zero-order valence-electron chi connectivity index (χ0n) is 20.4. The van der Waals surface area contributed by atoms with Gasteiger partial charge in [-0.3, -0.25) is 4.79 Å². The smallest absolute Gasteiger partial charge is 0.253 e. The van der Waals surface area contributed by atoms with Crippen molar-refractivity contribution in [1.82, 2.24) is 25.1 Å². The van der Waals surface area contributed by atoms with Gasteiger partial charge in [0.1, 0.15) is 17.6 Å². The first kappa shape index (κ1) is 23.6. The second-order valence-electron chi connectivity index (χ2n) is 8.83. The lowest BCUT2D eigenvalue weighted by molar-refractivity contribution is 0.0950. The highest BCUT2D eigenvalue weighted by Gasteiger charge is 2.17. The van der Waals surface area contributed by atoms with Crippen molar-refractivity contribution in [3.05, 3.63) is 71.7 Å². The van der Waals surface area contributed by atoms with Gasteiger partial charge in [-0.2, -0.15) is 5.10 Å². The first-order valence-electron chi connectivity index (χ1n) is 12.0. The largest absolute Gasteiger partial charge is 0.497 e. The van der Waals surface area contributed by atoms with E-state index in [-0.39, 0.29) is 12.0 Å². The number of hydrogen-bond acceptors (Lipinski definition) is 7. The molecule has 1 fully saturated rings. The van der Waals surface area contributed by atoms with E-state index in [0.29, 0.717) is 35.9 Å². The van der Waals surface area contributed by atoms with Crippen molar-refractivity contribution >= 4 is 16.9 Å². The predicted molar refractivity (Wildman–Crippen MR) is 134 cm³/mol. The molecule has 1 aromatic carbocycles. The standard InChI is InChI=1S/C27H29N5O4/c1-34-23-8-7-19(24(13-23)35-2)17-32-26-20(16-31-32)12-21(15-29-26)27(33)30-14-18-9-10-28-25(11-18)36-22-5-3-4-6-22/h7-13,15-16,22H,3-6,14,17H2,1-2H3,(H,30,33). The summed E-state index contributed by atoms with van der Waals surface area (Å²) >= 11 is 0. The molecule has 0 radical (unpaired) electrons. The minimum absolute atomic E-state index is 0.205. The molecule has 5 rings (SSSR count). The van der Waals surface area contributed by atoms with E-state index >= 15 is 0 Å². The number of carbonyl (C=O) groups excluding carboxylic acids is 1. The van der Waals surface area contributed by atoms with Crippen molar-refractivity contribution < 1.29 is 19.0 Å². The van der Waals surface area contributed by atoms with Gasteiger partial charge in [0.15, 0.2) is 5.65 Å². The van der Waals surface area contributed by atoms with Crippen LogP contribution in [0, 0.1) is 0 Å². The summed E-state index contributed by atoms with van der Waals surface area (Å²) in [7, 11) is 3.24. The van der Waals surface area contributed by atoms with E-state index in [1.807, 2.05) is 30.3 Å². The van der Waals surface area contributed by atoms with E-state index in [1.54, 1.807) is 43.6 Å². The Bertz CT molecular complexity index is 1360. The average Bonchev–Trinajstić information content (AvgIpc) is 3.57. The fraction of sp³-hybridized carbons (Fsp3) is 0.333. The summed E-state index contributed by atoms with van der Waals surface area (Å²) in [6.07, 6.45) is 9.79. The Hall–Kier alpha value is -4.14. The van der Waals surface area contributed by atoms with Crippen molar-refractivity contribution in [2.45, 2.75) is 44.9 Å². The first-order chi connectivity index (χ1) is 17.6. The number of methoxy groups -OCH3 is 2. The maximum Gasteiger partial charge on any atom is 0.253 e. The third kappa shape index (κ3) is 5.25. The molecule has 1 saturated carbocycles. The Kier molecular flexibility index (Phi) is 6.97. The molecule has 9 nitrogen and oxygen atoms in total. The van der Waals surface area contributed by atoms with Gasteiger partial charge in [0, 0.05) is 42.0 Å². The van der Waals surface area contributed by atoms with Gasteiger partial charge >= 0.3 is 0 Å². The summed E-state index contributed by atoms with van der Waals surface area (Å²) in [5.74, 6) is 1.84. The number of nitrogens with one attached hydrogen (secondary N) is 1. The molecule has 186 valence electrons. The van der Waals surface area contributed by atoms with Gasteiger partial charge in [-0.25, -0.2) is 14.6 Å². The predicted octanol–water partition coefficient (Wildman–Crippen LogP) is 4.14. The Morgan fingerprint density at radius 2 is 1.92 bits per heavy atom. The molecule has 0 aliphatic heterocycles. The minimum Gasteiger partial charge on any atom is -0.497 e. The molecule has 0 saturated heterocycles. The Balaban J connectivity index is 1.25. The number of ether oxygens (including phenoxy) is 3. The summed E-state index contributed by atoms with van der Waals surface area (Å²) in [6, 6.07) is 11.2. The zero-order valence-corrected chi connectivity index (χ0v) is 20.4. The monoisotopic (exact) mass is 487 g/mol. The number of pyridine rings is 2. The molecule has 1 N–H and O–H groups in total. The van der Waals surface area contributed by atoms with E-state index in [4.69, 9.17) is 14.2 Å². The molecule has 3 aromatic heterocycles. The Morgan fingerprint density at radius 1 is 1.06 bits per heavy atom. The molecule has 1 amide bonds. The van der Waals surface area contributed by atoms with Crippen LogP contribution in [-0.4, -0.2) is 46.0 Å². The highest BCUT2D eigenvalue weighted by molar-refractivity contribution is 5.96. The lowest BCUT2D eigenvalue weighted by Gasteiger charge is -2.13. The zero-order chi connectivity index (χ0) is 24.9. The van der Waals surface area contributed by atoms with E-state index < -0.39 is 0 Å². The summed E-state index contributed by atoms with van der Waals surface area (Å²) in [5.41, 5.74) is 3.04. The maximum absolute atomic E-state index is 12.8. The number of hydrogen-bond donors (Lipinski definition) is 1.